The molecule has 9 nitrogen and oxygen atoms in total. The largest absolute Gasteiger partial charge is 0.333 e. The lowest BCUT2D eigenvalue weighted by Gasteiger charge is -2.15. The minimum atomic E-state index is -0.168. The SMILES string of the molecule is Cc1ccc(CN)cc1.Cc1ccc(CN2C(=N)CN(C)C2=O)cc1.Cc1ccc(CNC(=O)n2ccnc2)cc1.Cl. The molecule has 42 heavy (non-hydrogen) atoms. The number of hydrogen-bond acceptors (Lipinski definition) is 5. The van der Waals surface area contributed by atoms with Crippen LogP contribution in [-0.2, 0) is 19.6 Å². The van der Waals surface area contributed by atoms with Crippen molar-refractivity contribution in [2.45, 2.75) is 40.4 Å². The molecule has 1 aliphatic heterocycles. The van der Waals surface area contributed by atoms with E-state index < -0.39 is 0 Å². The van der Waals surface area contributed by atoms with E-state index in [2.05, 4.69) is 41.5 Å². The van der Waals surface area contributed by atoms with Gasteiger partial charge in [-0.05, 0) is 37.5 Å². The Kier molecular flexibility index (Phi) is 13.4. The molecule has 5 rings (SSSR count). The van der Waals surface area contributed by atoms with Gasteiger partial charge in [-0.25, -0.2) is 14.6 Å². The lowest BCUT2D eigenvalue weighted by Crippen LogP contribution is -2.30. The highest BCUT2D eigenvalue weighted by Gasteiger charge is 2.30. The van der Waals surface area contributed by atoms with Crippen molar-refractivity contribution in [1.82, 2.24) is 24.7 Å². The van der Waals surface area contributed by atoms with E-state index in [1.165, 1.54) is 38.0 Å². The number of halogens is 1. The molecule has 0 atom stereocenters. The Bertz CT molecular complexity index is 1410. The highest BCUT2D eigenvalue weighted by Crippen LogP contribution is 2.14. The second kappa shape index (κ2) is 16.7. The average molecular weight is 590 g/mol. The number of carbonyl (C=O) groups excluding carboxylic acids is 2. The number of aromatic nitrogens is 2. The van der Waals surface area contributed by atoms with Crippen LogP contribution in [0.15, 0.2) is 91.5 Å². The van der Waals surface area contributed by atoms with Gasteiger partial charge in [-0.3, -0.25) is 14.9 Å². The number of benzene rings is 3. The third-order valence-electron chi connectivity index (χ3n) is 6.39. The molecule has 1 saturated heterocycles. The van der Waals surface area contributed by atoms with E-state index in [4.69, 9.17) is 11.1 Å². The zero-order chi connectivity index (χ0) is 29.8. The Morgan fingerprint density at radius 2 is 1.38 bits per heavy atom. The predicted octanol–water partition coefficient (Wildman–Crippen LogP) is 5.66. The zero-order valence-electron chi connectivity index (χ0n) is 24.6. The summed E-state index contributed by atoms with van der Waals surface area (Å²) in [5.41, 5.74) is 12.4. The summed E-state index contributed by atoms with van der Waals surface area (Å²) < 4.78 is 1.41. The Morgan fingerprint density at radius 3 is 1.81 bits per heavy atom. The maximum atomic E-state index is 11.7. The number of hydrogen-bond donors (Lipinski definition) is 3. The zero-order valence-corrected chi connectivity index (χ0v) is 25.4. The average Bonchev–Trinajstić information content (AvgIpc) is 3.60. The van der Waals surface area contributed by atoms with Crippen LogP contribution in [0.5, 0.6) is 0 Å². The molecule has 0 unspecified atom stereocenters. The molecule has 4 N–H and O–H groups in total. The third-order valence-corrected chi connectivity index (χ3v) is 6.39. The Hall–Kier alpha value is -4.47. The maximum absolute atomic E-state index is 11.7. The Balaban J connectivity index is 0.000000227. The number of carbonyl (C=O) groups is 2. The summed E-state index contributed by atoms with van der Waals surface area (Å²) in [6.07, 6.45) is 4.67. The van der Waals surface area contributed by atoms with Gasteiger partial charge < -0.3 is 16.0 Å². The van der Waals surface area contributed by atoms with Crippen molar-refractivity contribution in [2.75, 3.05) is 13.6 Å². The summed E-state index contributed by atoms with van der Waals surface area (Å²) in [5, 5.41) is 10.5. The first-order valence-electron chi connectivity index (χ1n) is 13.4. The van der Waals surface area contributed by atoms with Crippen molar-refractivity contribution in [2.24, 2.45) is 5.73 Å². The first kappa shape index (κ1) is 33.7. The summed E-state index contributed by atoms with van der Waals surface area (Å²) in [7, 11) is 1.71. The van der Waals surface area contributed by atoms with E-state index in [9.17, 15) is 9.59 Å². The van der Waals surface area contributed by atoms with Crippen molar-refractivity contribution < 1.29 is 9.59 Å². The number of amidine groups is 1. The summed E-state index contributed by atoms with van der Waals surface area (Å²) in [4.78, 5) is 30.1. The van der Waals surface area contributed by atoms with E-state index in [1.54, 1.807) is 24.3 Å². The molecule has 0 aliphatic carbocycles. The second-order valence-corrected chi connectivity index (χ2v) is 9.96. The molecule has 4 aromatic rings. The first-order valence-corrected chi connectivity index (χ1v) is 13.4. The van der Waals surface area contributed by atoms with Crippen LogP contribution in [0.1, 0.15) is 33.4 Å². The van der Waals surface area contributed by atoms with Crippen LogP contribution >= 0.6 is 12.4 Å². The Labute approximate surface area is 254 Å². The van der Waals surface area contributed by atoms with Gasteiger partial charge in [-0.15, -0.1) is 12.4 Å². The molecule has 10 heteroatoms. The van der Waals surface area contributed by atoms with Gasteiger partial charge in [0.05, 0.1) is 13.1 Å². The molecule has 3 amide bonds. The fraction of sp³-hybridized carbons (Fsp3) is 0.250. The van der Waals surface area contributed by atoms with Crippen LogP contribution in [0.2, 0.25) is 0 Å². The van der Waals surface area contributed by atoms with Crippen LogP contribution in [0.4, 0.5) is 9.59 Å². The van der Waals surface area contributed by atoms with Gasteiger partial charge in [-0.2, -0.15) is 0 Å². The smallest absolute Gasteiger partial charge is 0.327 e. The molecule has 0 saturated carbocycles. The van der Waals surface area contributed by atoms with Gasteiger partial charge in [0.2, 0.25) is 0 Å². The number of aryl methyl sites for hydroxylation is 3. The van der Waals surface area contributed by atoms with Crippen LogP contribution in [0, 0.1) is 26.2 Å². The van der Waals surface area contributed by atoms with Gasteiger partial charge in [0.1, 0.15) is 12.2 Å². The van der Waals surface area contributed by atoms with Crippen LogP contribution < -0.4 is 11.1 Å². The molecular weight excluding hydrogens is 550 g/mol. The molecule has 0 bridgehead atoms. The number of rotatable bonds is 5. The van der Waals surface area contributed by atoms with Crippen LogP contribution in [0.25, 0.3) is 0 Å². The van der Waals surface area contributed by atoms with E-state index in [1.807, 2.05) is 62.4 Å². The molecule has 1 fully saturated rings. The minimum Gasteiger partial charge on any atom is -0.333 e. The fourth-order valence-electron chi connectivity index (χ4n) is 3.82. The van der Waals surface area contributed by atoms with E-state index >= 15 is 0 Å². The number of nitrogens with zero attached hydrogens (tertiary/aromatic N) is 4. The highest BCUT2D eigenvalue weighted by atomic mass is 35.5. The topological polar surface area (TPSA) is 120 Å². The van der Waals surface area contributed by atoms with Gasteiger partial charge in [0, 0.05) is 32.5 Å². The van der Waals surface area contributed by atoms with Gasteiger partial charge in [-0.1, -0.05) is 89.5 Å². The van der Waals surface area contributed by atoms with Crippen molar-refractivity contribution >= 4 is 30.3 Å². The number of nitrogens with one attached hydrogen (secondary N) is 2. The lowest BCUT2D eigenvalue weighted by molar-refractivity contribution is 0.203. The summed E-state index contributed by atoms with van der Waals surface area (Å²) in [6.45, 7) is 8.19. The fourth-order valence-corrected chi connectivity index (χ4v) is 3.82. The van der Waals surface area contributed by atoms with Crippen molar-refractivity contribution in [3.63, 3.8) is 0 Å². The summed E-state index contributed by atoms with van der Waals surface area (Å²) in [5.74, 6) is 0.369. The molecule has 0 radical (unpaired) electrons. The normalized spacial score (nSPS) is 12.0. The van der Waals surface area contributed by atoms with Crippen LogP contribution in [-0.4, -0.2) is 50.8 Å². The standard InChI is InChI=1S/C12H15N3O.C12H13N3O.C8H11N.ClH/c1-9-3-5-10(6-4-9)7-15-11(13)8-14(2)12(15)16;1-10-2-4-11(5-3-10)8-14-12(16)15-7-6-13-9-15;1-7-2-4-8(6-9)5-3-7;/h3-6,13H,7-8H2,1-2H3;2-7,9H,8H2,1H3,(H,14,16);2-5H,6,9H2,1H3;1H. The first-order chi connectivity index (χ1) is 19.7. The molecule has 2 heterocycles. The molecule has 222 valence electrons. The highest BCUT2D eigenvalue weighted by molar-refractivity contribution is 6.03. The van der Waals surface area contributed by atoms with Gasteiger partial charge in [0.25, 0.3) is 0 Å². The number of urea groups is 1. The quantitative estimate of drug-likeness (QED) is 0.278. The molecule has 0 spiro atoms. The van der Waals surface area contributed by atoms with E-state index in [0.717, 1.165) is 11.1 Å². The van der Waals surface area contributed by atoms with Crippen LogP contribution in [0.3, 0.4) is 0 Å². The summed E-state index contributed by atoms with van der Waals surface area (Å²) >= 11 is 0. The van der Waals surface area contributed by atoms with Crippen molar-refractivity contribution in [1.29, 1.82) is 5.41 Å². The predicted molar refractivity (Wildman–Crippen MR) is 170 cm³/mol. The Morgan fingerprint density at radius 1 is 0.881 bits per heavy atom. The second-order valence-electron chi connectivity index (χ2n) is 9.96. The number of nitrogens with two attached hydrogens (primary N) is 1. The van der Waals surface area contributed by atoms with Crippen molar-refractivity contribution in [3.8, 4) is 0 Å². The summed E-state index contributed by atoms with van der Waals surface area (Å²) in [6, 6.07) is 24.1. The number of likely N-dealkylation sites (N-methyl/N-ethyl adjacent to an activating group) is 1. The maximum Gasteiger partial charge on any atom is 0.327 e. The van der Waals surface area contributed by atoms with E-state index in [0.29, 0.717) is 32.0 Å². The van der Waals surface area contributed by atoms with E-state index in [-0.39, 0.29) is 24.5 Å². The van der Waals surface area contributed by atoms with Gasteiger partial charge >= 0.3 is 12.1 Å². The monoisotopic (exact) mass is 589 g/mol. The molecule has 3 aromatic carbocycles. The number of amides is 3. The number of imidazole rings is 1. The molecular formula is C32H40ClN7O2. The minimum absolute atomic E-state index is 0. The van der Waals surface area contributed by atoms with Crippen molar-refractivity contribution in [3.05, 3.63) is 125 Å². The van der Waals surface area contributed by atoms with Gasteiger partial charge in [0.15, 0.2) is 0 Å². The molecule has 1 aliphatic rings. The third kappa shape index (κ3) is 10.5. The lowest BCUT2D eigenvalue weighted by atomic mass is 10.1. The molecule has 1 aromatic heterocycles.